The fraction of sp³-hybridized carbons (Fsp3) is 0.167. The molecule has 0 N–H and O–H groups in total. The lowest BCUT2D eigenvalue weighted by Crippen LogP contribution is -2.11. The smallest absolute Gasteiger partial charge is 0.187 e. The lowest BCUT2D eigenvalue weighted by atomic mass is 10.1. The zero-order valence-electron chi connectivity index (χ0n) is 9.26. The normalized spacial score (nSPS) is 10.2. The van der Waals surface area contributed by atoms with Crippen molar-refractivity contribution < 1.29 is 9.53 Å². The molecule has 0 saturated heterocycles. The molecule has 0 radical (unpaired) electrons. The van der Waals surface area contributed by atoms with Gasteiger partial charge in [0.15, 0.2) is 5.78 Å². The van der Waals surface area contributed by atoms with Crippen molar-refractivity contribution in [2.75, 3.05) is 7.11 Å². The van der Waals surface area contributed by atoms with Gasteiger partial charge in [-0.15, -0.1) is 0 Å². The number of ether oxygens (including phenoxy) is 1. The molecule has 1 aromatic carbocycles. The van der Waals surface area contributed by atoms with Crippen LogP contribution in [0.3, 0.4) is 0 Å². The number of Topliss-reactive ketones (excluding diaryl/α,β-unsaturated/α-hetero) is 1. The zero-order chi connectivity index (χ0) is 12.3. The van der Waals surface area contributed by atoms with Crippen LogP contribution in [-0.2, 0) is 6.54 Å². The Morgan fingerprint density at radius 1 is 1.47 bits per heavy atom. The quantitative estimate of drug-likeness (QED) is 0.814. The first-order valence-electron chi connectivity index (χ1n) is 5.05. The predicted octanol–water partition coefficient (Wildman–Crippen LogP) is 2.54. The molecule has 17 heavy (non-hydrogen) atoms. The summed E-state index contributed by atoms with van der Waals surface area (Å²) in [6, 6.07) is 7.17. The largest absolute Gasteiger partial charge is 0.496 e. The molecule has 0 unspecified atom stereocenters. The standard InChI is InChI=1S/C12H11BrN2O2/c1-17-12-5-3-2-4-10(12)11(16)8-15-7-9(13)6-14-15/h2-7H,8H2,1H3. The summed E-state index contributed by atoms with van der Waals surface area (Å²) < 4.78 is 7.58. The van der Waals surface area contributed by atoms with E-state index in [1.54, 1.807) is 36.3 Å². The van der Waals surface area contributed by atoms with Crippen molar-refractivity contribution in [3.63, 3.8) is 0 Å². The van der Waals surface area contributed by atoms with Gasteiger partial charge in [0.25, 0.3) is 0 Å². The van der Waals surface area contributed by atoms with Gasteiger partial charge < -0.3 is 4.74 Å². The van der Waals surface area contributed by atoms with Crippen molar-refractivity contribution in [3.8, 4) is 5.75 Å². The van der Waals surface area contributed by atoms with Crippen LogP contribution < -0.4 is 4.74 Å². The predicted molar refractivity (Wildman–Crippen MR) is 67.3 cm³/mol. The van der Waals surface area contributed by atoms with Gasteiger partial charge in [0, 0.05) is 6.20 Å². The van der Waals surface area contributed by atoms with E-state index < -0.39 is 0 Å². The van der Waals surface area contributed by atoms with Gasteiger partial charge in [-0.2, -0.15) is 5.10 Å². The molecule has 0 aliphatic rings. The van der Waals surface area contributed by atoms with E-state index in [9.17, 15) is 4.79 Å². The van der Waals surface area contributed by atoms with Crippen molar-refractivity contribution in [1.29, 1.82) is 0 Å². The number of ketones is 1. The van der Waals surface area contributed by atoms with Crippen molar-refractivity contribution in [2.45, 2.75) is 6.54 Å². The van der Waals surface area contributed by atoms with E-state index in [4.69, 9.17) is 4.74 Å². The molecular formula is C12H11BrN2O2. The number of hydrogen-bond donors (Lipinski definition) is 0. The first kappa shape index (κ1) is 11.9. The Morgan fingerprint density at radius 2 is 2.24 bits per heavy atom. The molecule has 0 aliphatic carbocycles. The van der Waals surface area contributed by atoms with E-state index in [0.29, 0.717) is 11.3 Å². The maximum absolute atomic E-state index is 12.0. The molecule has 1 aromatic heterocycles. The van der Waals surface area contributed by atoms with Gasteiger partial charge in [-0.05, 0) is 28.1 Å². The Morgan fingerprint density at radius 3 is 2.88 bits per heavy atom. The maximum Gasteiger partial charge on any atom is 0.187 e. The van der Waals surface area contributed by atoms with Gasteiger partial charge >= 0.3 is 0 Å². The Bertz CT molecular complexity index is 537. The van der Waals surface area contributed by atoms with Crippen LogP contribution in [0, 0.1) is 0 Å². The summed E-state index contributed by atoms with van der Waals surface area (Å²) in [5.41, 5.74) is 0.571. The monoisotopic (exact) mass is 294 g/mol. The summed E-state index contributed by atoms with van der Waals surface area (Å²) in [6.45, 7) is 0.200. The van der Waals surface area contributed by atoms with E-state index in [1.165, 1.54) is 0 Å². The highest BCUT2D eigenvalue weighted by Crippen LogP contribution is 2.18. The number of carbonyl (C=O) groups is 1. The summed E-state index contributed by atoms with van der Waals surface area (Å²) in [6.07, 6.45) is 3.41. The number of halogens is 1. The average molecular weight is 295 g/mol. The zero-order valence-corrected chi connectivity index (χ0v) is 10.8. The molecule has 4 nitrogen and oxygen atoms in total. The molecule has 0 atom stereocenters. The number of nitrogens with zero attached hydrogens (tertiary/aromatic N) is 2. The molecule has 2 rings (SSSR count). The first-order valence-corrected chi connectivity index (χ1v) is 5.84. The molecule has 2 aromatic rings. The number of rotatable bonds is 4. The number of hydrogen-bond acceptors (Lipinski definition) is 3. The summed E-state index contributed by atoms with van der Waals surface area (Å²) in [7, 11) is 1.55. The number of para-hydroxylation sites is 1. The van der Waals surface area contributed by atoms with Crippen molar-refractivity contribution in [1.82, 2.24) is 9.78 Å². The van der Waals surface area contributed by atoms with E-state index >= 15 is 0 Å². The number of aromatic nitrogens is 2. The van der Waals surface area contributed by atoms with E-state index in [0.717, 1.165) is 4.47 Å². The van der Waals surface area contributed by atoms with Gasteiger partial charge in [0.1, 0.15) is 12.3 Å². The third kappa shape index (κ3) is 2.74. The van der Waals surface area contributed by atoms with E-state index in [1.807, 2.05) is 12.1 Å². The Kier molecular flexibility index (Phi) is 3.58. The minimum Gasteiger partial charge on any atom is -0.496 e. The second kappa shape index (κ2) is 5.14. The van der Waals surface area contributed by atoms with Crippen LogP contribution in [0.15, 0.2) is 41.1 Å². The van der Waals surface area contributed by atoms with Crippen LogP contribution in [0.25, 0.3) is 0 Å². The van der Waals surface area contributed by atoms with Crippen molar-refractivity contribution >= 4 is 21.7 Å². The minimum atomic E-state index is -0.0296. The molecule has 1 heterocycles. The Labute approximate surface area is 107 Å². The van der Waals surface area contributed by atoms with Crippen LogP contribution in [0.4, 0.5) is 0 Å². The second-order valence-electron chi connectivity index (χ2n) is 3.48. The number of methoxy groups -OCH3 is 1. The lowest BCUT2D eigenvalue weighted by molar-refractivity contribution is 0.0964. The highest BCUT2D eigenvalue weighted by molar-refractivity contribution is 9.10. The maximum atomic E-state index is 12.0. The fourth-order valence-corrected chi connectivity index (χ4v) is 1.86. The Balaban J connectivity index is 2.20. The van der Waals surface area contributed by atoms with Gasteiger partial charge in [-0.3, -0.25) is 9.48 Å². The second-order valence-corrected chi connectivity index (χ2v) is 4.40. The topological polar surface area (TPSA) is 44.1 Å². The molecule has 5 heteroatoms. The molecule has 0 aliphatic heterocycles. The summed E-state index contributed by atoms with van der Waals surface area (Å²) in [5, 5.41) is 4.04. The minimum absolute atomic E-state index is 0.0296. The molecule has 0 spiro atoms. The molecular weight excluding hydrogens is 284 g/mol. The third-order valence-electron chi connectivity index (χ3n) is 2.31. The van der Waals surface area contributed by atoms with Crippen LogP contribution in [0.5, 0.6) is 5.75 Å². The summed E-state index contributed by atoms with van der Waals surface area (Å²) in [4.78, 5) is 12.0. The van der Waals surface area contributed by atoms with Crippen molar-refractivity contribution in [2.24, 2.45) is 0 Å². The SMILES string of the molecule is COc1ccccc1C(=O)Cn1cc(Br)cn1. The molecule has 88 valence electrons. The summed E-state index contributed by atoms with van der Waals surface area (Å²) in [5.74, 6) is 0.557. The first-order chi connectivity index (χ1) is 8.20. The van der Waals surface area contributed by atoms with E-state index in [2.05, 4.69) is 21.0 Å². The number of benzene rings is 1. The third-order valence-corrected chi connectivity index (χ3v) is 2.72. The highest BCUT2D eigenvalue weighted by Gasteiger charge is 2.12. The van der Waals surface area contributed by atoms with Crippen LogP contribution in [-0.4, -0.2) is 22.7 Å². The molecule has 0 bridgehead atoms. The van der Waals surface area contributed by atoms with E-state index in [-0.39, 0.29) is 12.3 Å². The summed E-state index contributed by atoms with van der Waals surface area (Å²) >= 11 is 3.29. The highest BCUT2D eigenvalue weighted by atomic mass is 79.9. The Hall–Kier alpha value is -1.62. The molecule has 0 fully saturated rings. The average Bonchev–Trinajstić information content (AvgIpc) is 2.74. The molecule has 0 saturated carbocycles. The van der Waals surface area contributed by atoms with Gasteiger partial charge in [0.2, 0.25) is 0 Å². The molecule has 0 amide bonds. The van der Waals surface area contributed by atoms with Gasteiger partial charge in [-0.1, -0.05) is 12.1 Å². The van der Waals surface area contributed by atoms with Gasteiger partial charge in [0.05, 0.1) is 23.3 Å². The van der Waals surface area contributed by atoms with Gasteiger partial charge in [-0.25, -0.2) is 0 Å². The van der Waals surface area contributed by atoms with Crippen LogP contribution >= 0.6 is 15.9 Å². The fourth-order valence-electron chi connectivity index (χ4n) is 1.53. The number of carbonyl (C=O) groups excluding carboxylic acids is 1. The van der Waals surface area contributed by atoms with Crippen LogP contribution in [0.2, 0.25) is 0 Å². The lowest BCUT2D eigenvalue weighted by Gasteiger charge is -2.06. The van der Waals surface area contributed by atoms with Crippen molar-refractivity contribution in [3.05, 3.63) is 46.7 Å². The van der Waals surface area contributed by atoms with Crippen LogP contribution in [0.1, 0.15) is 10.4 Å².